The molecule has 0 radical (unpaired) electrons. The van der Waals surface area contributed by atoms with E-state index >= 15 is 0 Å². The molecule has 0 fully saturated rings. The quantitative estimate of drug-likeness (QED) is 0.181. The van der Waals surface area contributed by atoms with E-state index in [2.05, 4.69) is 174 Å². The van der Waals surface area contributed by atoms with Crippen LogP contribution < -0.4 is 5.32 Å². The van der Waals surface area contributed by atoms with Crippen molar-refractivity contribution >= 4 is 71.6 Å². The minimum Gasteiger partial charge on any atom is -0.344 e. The molecule has 2 aliphatic rings. The van der Waals surface area contributed by atoms with Crippen molar-refractivity contribution in [3.8, 4) is 11.1 Å². The Morgan fingerprint density at radius 1 is 0.600 bits per heavy atom. The summed E-state index contributed by atoms with van der Waals surface area (Å²) in [6.07, 6.45) is 10.4. The van der Waals surface area contributed by atoms with Crippen LogP contribution in [0.15, 0.2) is 186 Å². The number of hydrogen-bond acceptors (Lipinski definition) is 4. The zero-order valence-corrected chi connectivity index (χ0v) is 30.0. The summed E-state index contributed by atoms with van der Waals surface area (Å²) in [5.41, 5.74) is 10.0. The van der Waals surface area contributed by atoms with E-state index in [0.29, 0.717) is 5.84 Å². The van der Waals surface area contributed by atoms with Gasteiger partial charge in [-0.3, -0.25) is 4.98 Å². The van der Waals surface area contributed by atoms with E-state index < -0.39 is 0 Å². The molecular weight excluding hydrogens is 671 g/mol. The number of fused-ring (bicyclic) bond motifs is 8. The van der Waals surface area contributed by atoms with Crippen LogP contribution >= 0.6 is 0 Å². The second-order valence-electron chi connectivity index (χ2n) is 14.3. The van der Waals surface area contributed by atoms with Gasteiger partial charge in [-0.2, -0.15) is 0 Å². The maximum Gasteiger partial charge on any atom is 0.159 e. The van der Waals surface area contributed by atoms with Crippen LogP contribution in [0.3, 0.4) is 0 Å². The zero-order valence-electron chi connectivity index (χ0n) is 30.0. The van der Waals surface area contributed by atoms with Crippen molar-refractivity contribution in [3.63, 3.8) is 0 Å². The minimum atomic E-state index is -0.318. The summed E-state index contributed by atoms with van der Waals surface area (Å²) in [6.45, 7) is 0. The predicted molar refractivity (Wildman–Crippen MR) is 230 cm³/mol. The smallest absolute Gasteiger partial charge is 0.159 e. The summed E-state index contributed by atoms with van der Waals surface area (Å²) < 4.78 is 2.43. The van der Waals surface area contributed by atoms with Gasteiger partial charge in [0, 0.05) is 44.6 Å². The molecule has 1 N–H and O–H groups in total. The van der Waals surface area contributed by atoms with Crippen LogP contribution in [-0.2, 0) is 0 Å². The van der Waals surface area contributed by atoms with Gasteiger partial charge in [-0.05, 0) is 76.0 Å². The second kappa shape index (κ2) is 12.8. The number of aliphatic imine (C=N–C) groups is 2. The number of allylic oxidation sites excluding steroid dienone is 4. The van der Waals surface area contributed by atoms with Gasteiger partial charge in [0.15, 0.2) is 5.84 Å². The molecule has 0 saturated carbocycles. The first-order valence-electron chi connectivity index (χ1n) is 19.0. The Balaban J connectivity index is 1.11. The molecule has 55 heavy (non-hydrogen) atoms. The molecule has 9 aromatic rings. The van der Waals surface area contributed by atoms with E-state index in [1.807, 2.05) is 12.3 Å². The second-order valence-corrected chi connectivity index (χ2v) is 14.3. The molecule has 5 nitrogen and oxygen atoms in total. The number of pyridine rings is 1. The van der Waals surface area contributed by atoms with Gasteiger partial charge in [-0.15, -0.1) is 0 Å². The summed E-state index contributed by atoms with van der Waals surface area (Å²) in [7, 11) is 0. The number of para-hydroxylation sites is 1. The minimum absolute atomic E-state index is 0.318. The van der Waals surface area contributed by atoms with E-state index in [9.17, 15) is 0 Å². The van der Waals surface area contributed by atoms with Crippen LogP contribution in [-0.4, -0.2) is 21.2 Å². The summed E-state index contributed by atoms with van der Waals surface area (Å²) in [4.78, 5) is 15.5. The number of nitrogens with zero attached hydrogens (tertiary/aromatic N) is 4. The van der Waals surface area contributed by atoms with Gasteiger partial charge in [0.05, 0.1) is 16.6 Å². The van der Waals surface area contributed by atoms with E-state index in [1.54, 1.807) is 0 Å². The number of hydrogen-bond donors (Lipinski definition) is 1. The molecule has 1 aliphatic heterocycles. The number of rotatable bonds is 5. The monoisotopic (exact) mass is 705 g/mol. The Kier molecular flexibility index (Phi) is 7.30. The van der Waals surface area contributed by atoms with Crippen molar-refractivity contribution < 1.29 is 0 Å². The van der Waals surface area contributed by atoms with Crippen LogP contribution in [0.4, 0.5) is 0 Å². The molecule has 260 valence electrons. The Labute approximate surface area is 318 Å². The molecule has 0 bridgehead atoms. The van der Waals surface area contributed by atoms with Gasteiger partial charge in [0.25, 0.3) is 0 Å². The molecule has 0 amide bonds. The Morgan fingerprint density at radius 3 is 2.27 bits per heavy atom. The third-order valence-corrected chi connectivity index (χ3v) is 11.1. The topological polar surface area (TPSA) is 54.6 Å². The van der Waals surface area contributed by atoms with Crippen molar-refractivity contribution in [3.05, 3.63) is 193 Å². The highest BCUT2D eigenvalue weighted by atomic mass is 15.2. The van der Waals surface area contributed by atoms with Crippen LogP contribution in [0.25, 0.3) is 71.1 Å². The van der Waals surface area contributed by atoms with Crippen LogP contribution in [0.2, 0.25) is 0 Å². The lowest BCUT2D eigenvalue weighted by Gasteiger charge is -2.24. The number of benzene rings is 7. The van der Waals surface area contributed by atoms with Crippen LogP contribution in [0.5, 0.6) is 0 Å². The SMILES string of the molecule is C1=CCCC(n2c3ccccc3c3c(C4=NC(c5cccc(-c6cccc7ccc8ncc9ccccc9c8c67)c5)=NC(c5ccccc5)N4)cccc32)=C1. The zero-order chi connectivity index (χ0) is 36.3. The molecule has 11 rings (SSSR count). The maximum atomic E-state index is 5.38. The fraction of sp³-hybridized carbons (Fsp3) is 0.0600. The number of amidine groups is 2. The molecule has 1 atom stereocenters. The fourth-order valence-corrected chi connectivity index (χ4v) is 8.61. The molecule has 1 unspecified atom stereocenters. The number of aromatic nitrogens is 2. The molecule has 0 saturated heterocycles. The molecule has 0 spiro atoms. The third kappa shape index (κ3) is 5.19. The molecular formula is C50H35N5. The van der Waals surface area contributed by atoms with E-state index in [0.717, 1.165) is 57.4 Å². The molecule has 5 heteroatoms. The molecule has 2 aromatic heterocycles. The van der Waals surface area contributed by atoms with Crippen molar-refractivity contribution in [2.75, 3.05) is 0 Å². The van der Waals surface area contributed by atoms with Gasteiger partial charge >= 0.3 is 0 Å². The average molecular weight is 706 g/mol. The van der Waals surface area contributed by atoms with Crippen molar-refractivity contribution in [2.24, 2.45) is 9.98 Å². The Hall–Kier alpha value is -7.11. The van der Waals surface area contributed by atoms with Gasteiger partial charge in [-0.25, -0.2) is 9.98 Å². The Bertz CT molecular complexity index is 3120. The number of nitrogens with one attached hydrogen (secondary N) is 1. The normalized spacial score (nSPS) is 15.7. The largest absolute Gasteiger partial charge is 0.344 e. The lowest BCUT2D eigenvalue weighted by atomic mass is 9.92. The highest BCUT2D eigenvalue weighted by Crippen LogP contribution is 2.39. The maximum absolute atomic E-state index is 5.38. The van der Waals surface area contributed by atoms with Crippen LogP contribution in [0, 0.1) is 0 Å². The van der Waals surface area contributed by atoms with E-state index in [1.165, 1.54) is 49.0 Å². The Morgan fingerprint density at radius 2 is 1.36 bits per heavy atom. The lowest BCUT2D eigenvalue weighted by Crippen LogP contribution is -2.33. The average Bonchev–Trinajstić information content (AvgIpc) is 3.61. The first-order chi connectivity index (χ1) is 27.3. The van der Waals surface area contributed by atoms with Gasteiger partial charge in [0.1, 0.15) is 12.0 Å². The lowest BCUT2D eigenvalue weighted by molar-refractivity contribution is 0.674. The van der Waals surface area contributed by atoms with Crippen molar-refractivity contribution in [2.45, 2.75) is 19.0 Å². The summed E-state index contributed by atoms with van der Waals surface area (Å²) in [6, 6.07) is 53.9. The molecule has 7 aromatic carbocycles. The standard InChI is InChI=1S/C50H35N5/c1-3-14-33(15-4-1)48-52-49(54-50(53-48)41-25-13-27-44-46(41)40-23-9-10-26-43(40)55(44)37-20-5-2-6-21-37)35-19-11-18-34(30-35)38-24-12-17-32-28-29-42-47(45(32)38)39-22-8-7-16-36(39)31-51-42/h1-5,7-20,22-31,48H,6,21H2,(H,52,53,54). The highest BCUT2D eigenvalue weighted by Gasteiger charge is 2.25. The van der Waals surface area contributed by atoms with E-state index in [4.69, 9.17) is 15.0 Å². The van der Waals surface area contributed by atoms with Crippen LogP contribution in [0.1, 0.15) is 35.7 Å². The summed E-state index contributed by atoms with van der Waals surface area (Å²) >= 11 is 0. The summed E-state index contributed by atoms with van der Waals surface area (Å²) in [5, 5.41) is 12.1. The first kappa shape index (κ1) is 31.4. The summed E-state index contributed by atoms with van der Waals surface area (Å²) in [5.74, 6) is 1.51. The van der Waals surface area contributed by atoms with E-state index in [-0.39, 0.29) is 6.17 Å². The van der Waals surface area contributed by atoms with Gasteiger partial charge in [-0.1, -0.05) is 140 Å². The van der Waals surface area contributed by atoms with Crippen molar-refractivity contribution in [1.29, 1.82) is 0 Å². The third-order valence-electron chi connectivity index (χ3n) is 11.1. The highest BCUT2D eigenvalue weighted by molar-refractivity contribution is 6.25. The molecule has 3 heterocycles. The predicted octanol–water partition coefficient (Wildman–Crippen LogP) is 12.0. The fourth-order valence-electron chi connectivity index (χ4n) is 8.61. The van der Waals surface area contributed by atoms with Gasteiger partial charge in [0.2, 0.25) is 0 Å². The first-order valence-corrected chi connectivity index (χ1v) is 19.0. The van der Waals surface area contributed by atoms with Crippen molar-refractivity contribution in [1.82, 2.24) is 14.9 Å². The van der Waals surface area contributed by atoms with Gasteiger partial charge < -0.3 is 9.88 Å². The molecule has 1 aliphatic carbocycles.